The maximum Gasteiger partial charge on any atom is 0.0657 e. The minimum atomic E-state index is -0.766. The van der Waals surface area contributed by atoms with Crippen molar-refractivity contribution < 1.29 is 0 Å². The van der Waals surface area contributed by atoms with E-state index in [4.69, 9.17) is 0 Å². The highest BCUT2D eigenvalue weighted by Gasteiger charge is 2.14. The van der Waals surface area contributed by atoms with Crippen LogP contribution in [0.2, 0.25) is 25.3 Å². The van der Waals surface area contributed by atoms with Gasteiger partial charge in [0, 0.05) is 8.80 Å². The Morgan fingerprint density at radius 1 is 0.778 bits per heavy atom. The molecule has 1 atom stereocenters. The third-order valence-electron chi connectivity index (χ3n) is 3.40. The van der Waals surface area contributed by atoms with Crippen LogP contribution >= 0.6 is 0 Å². The Bertz CT molecular complexity index is 491. The third kappa shape index (κ3) is 3.21. The Morgan fingerprint density at radius 2 is 1.39 bits per heavy atom. The van der Waals surface area contributed by atoms with E-state index >= 15 is 0 Å². The average molecular weight is 271 g/mol. The van der Waals surface area contributed by atoms with Crippen LogP contribution in [0.3, 0.4) is 0 Å². The molecule has 0 spiro atoms. The molecule has 2 aromatic rings. The molecule has 0 N–H and O–H groups in total. The standard InChI is InChI=1S/C16H22Si2/c1-17(2)13-18(3)16-12-8-7-11-15(16)14-9-5-4-6-10-14/h4-12,17-18H,13H2,1-3H3. The highest BCUT2D eigenvalue weighted by atomic mass is 28.3. The maximum atomic E-state index is 2.51. The van der Waals surface area contributed by atoms with E-state index in [0.29, 0.717) is 0 Å². The molecule has 18 heavy (non-hydrogen) atoms. The first-order valence-electron chi connectivity index (χ1n) is 6.83. The molecule has 2 rings (SSSR count). The summed E-state index contributed by atoms with van der Waals surface area (Å²) in [5.74, 6) is 0. The van der Waals surface area contributed by atoms with Crippen molar-refractivity contribution in [3.05, 3.63) is 54.6 Å². The van der Waals surface area contributed by atoms with Gasteiger partial charge in [-0.15, -0.1) is 0 Å². The molecule has 0 aromatic heterocycles. The first kappa shape index (κ1) is 13.3. The topological polar surface area (TPSA) is 0 Å². The monoisotopic (exact) mass is 270 g/mol. The molecule has 0 aliphatic heterocycles. The van der Waals surface area contributed by atoms with Crippen LogP contribution in [0.4, 0.5) is 0 Å². The zero-order valence-electron chi connectivity index (χ0n) is 11.6. The molecular weight excluding hydrogens is 248 g/mol. The zero-order valence-corrected chi connectivity index (χ0v) is 13.9. The molecule has 2 aromatic carbocycles. The summed E-state index contributed by atoms with van der Waals surface area (Å²) < 4.78 is 0. The molecule has 1 unspecified atom stereocenters. The van der Waals surface area contributed by atoms with E-state index in [-0.39, 0.29) is 0 Å². The van der Waals surface area contributed by atoms with Crippen molar-refractivity contribution >= 4 is 22.8 Å². The fourth-order valence-corrected chi connectivity index (χ4v) is 10.5. The van der Waals surface area contributed by atoms with Crippen LogP contribution in [0.15, 0.2) is 54.6 Å². The lowest BCUT2D eigenvalue weighted by atomic mass is 10.1. The van der Waals surface area contributed by atoms with E-state index in [2.05, 4.69) is 74.2 Å². The second kappa shape index (κ2) is 6.16. The van der Waals surface area contributed by atoms with Crippen LogP contribution in [-0.2, 0) is 0 Å². The van der Waals surface area contributed by atoms with Crippen LogP contribution in [0.5, 0.6) is 0 Å². The van der Waals surface area contributed by atoms with Crippen molar-refractivity contribution in [2.45, 2.75) is 25.3 Å². The van der Waals surface area contributed by atoms with Crippen molar-refractivity contribution in [1.82, 2.24) is 0 Å². The van der Waals surface area contributed by atoms with Crippen LogP contribution < -0.4 is 5.19 Å². The van der Waals surface area contributed by atoms with Gasteiger partial charge in [-0.2, -0.15) is 0 Å². The van der Waals surface area contributed by atoms with Crippen molar-refractivity contribution in [3.8, 4) is 11.1 Å². The number of hydrogen-bond donors (Lipinski definition) is 0. The fourth-order valence-electron chi connectivity index (χ4n) is 2.64. The molecule has 0 saturated carbocycles. The SMILES string of the molecule is C[SiH](C)C[SiH](C)c1ccccc1-c1ccccc1. The van der Waals surface area contributed by atoms with Crippen molar-refractivity contribution in [3.63, 3.8) is 0 Å². The van der Waals surface area contributed by atoms with Crippen LogP contribution in [0, 0.1) is 0 Å². The molecule has 2 heteroatoms. The highest BCUT2D eigenvalue weighted by Crippen LogP contribution is 2.18. The predicted molar refractivity (Wildman–Crippen MR) is 88.2 cm³/mol. The van der Waals surface area contributed by atoms with Gasteiger partial charge in [0.05, 0.1) is 8.80 Å². The van der Waals surface area contributed by atoms with E-state index in [1.54, 1.807) is 5.19 Å². The summed E-state index contributed by atoms with van der Waals surface area (Å²) in [7, 11) is -1.22. The average Bonchev–Trinajstić information content (AvgIpc) is 2.39. The van der Waals surface area contributed by atoms with Gasteiger partial charge in [0.1, 0.15) is 0 Å². The number of rotatable bonds is 4. The number of benzene rings is 2. The molecular formula is C16H22Si2. The van der Waals surface area contributed by atoms with E-state index < -0.39 is 17.6 Å². The van der Waals surface area contributed by atoms with Gasteiger partial charge in [-0.05, 0) is 11.1 Å². The lowest BCUT2D eigenvalue weighted by molar-refractivity contribution is 1.63. The zero-order chi connectivity index (χ0) is 13.0. The summed E-state index contributed by atoms with van der Waals surface area (Å²) in [6, 6.07) is 19.8. The van der Waals surface area contributed by atoms with E-state index in [0.717, 1.165) is 0 Å². The Balaban J connectivity index is 2.37. The summed E-state index contributed by atoms with van der Waals surface area (Å²) in [6.07, 6.45) is 0. The second-order valence-corrected chi connectivity index (χ2v) is 12.6. The molecule has 94 valence electrons. The largest absolute Gasteiger partial charge is 0.0724 e. The summed E-state index contributed by atoms with van der Waals surface area (Å²) in [5, 5.41) is 1.64. The van der Waals surface area contributed by atoms with Crippen molar-refractivity contribution in [2.75, 3.05) is 0 Å². The molecule has 0 saturated heterocycles. The quantitative estimate of drug-likeness (QED) is 0.747. The first-order chi connectivity index (χ1) is 8.68. The van der Waals surface area contributed by atoms with E-state index in [1.807, 2.05) is 0 Å². The van der Waals surface area contributed by atoms with Gasteiger partial charge in [0.15, 0.2) is 0 Å². The molecule has 0 nitrogen and oxygen atoms in total. The van der Waals surface area contributed by atoms with E-state index in [9.17, 15) is 0 Å². The van der Waals surface area contributed by atoms with E-state index in [1.165, 1.54) is 16.8 Å². The first-order valence-corrected chi connectivity index (χ1v) is 12.5. The van der Waals surface area contributed by atoms with Gasteiger partial charge in [0.25, 0.3) is 0 Å². The Morgan fingerprint density at radius 3 is 2.06 bits per heavy atom. The third-order valence-corrected chi connectivity index (χ3v) is 11.6. The maximum absolute atomic E-state index is 2.51. The van der Waals surface area contributed by atoms with Gasteiger partial charge in [0.2, 0.25) is 0 Å². The smallest absolute Gasteiger partial charge is 0.0657 e. The summed E-state index contributed by atoms with van der Waals surface area (Å²) >= 11 is 0. The van der Waals surface area contributed by atoms with Gasteiger partial charge >= 0.3 is 0 Å². The molecule has 0 heterocycles. The van der Waals surface area contributed by atoms with Gasteiger partial charge in [-0.25, -0.2) is 0 Å². The highest BCUT2D eigenvalue weighted by molar-refractivity contribution is 6.84. The van der Waals surface area contributed by atoms with Crippen molar-refractivity contribution in [1.29, 1.82) is 0 Å². The second-order valence-electron chi connectivity index (χ2n) is 5.48. The lowest BCUT2D eigenvalue weighted by Crippen LogP contribution is -2.31. The van der Waals surface area contributed by atoms with Crippen molar-refractivity contribution in [2.24, 2.45) is 0 Å². The lowest BCUT2D eigenvalue weighted by Gasteiger charge is -2.17. The molecule has 0 aliphatic rings. The molecule has 0 aliphatic carbocycles. The van der Waals surface area contributed by atoms with Crippen LogP contribution in [-0.4, -0.2) is 17.6 Å². The van der Waals surface area contributed by atoms with Gasteiger partial charge in [-0.3, -0.25) is 0 Å². The molecule has 0 fully saturated rings. The Hall–Kier alpha value is -1.13. The molecule has 0 amide bonds. The van der Waals surface area contributed by atoms with Crippen LogP contribution in [0.25, 0.3) is 11.1 Å². The fraction of sp³-hybridized carbons (Fsp3) is 0.250. The minimum absolute atomic E-state index is 0.451. The summed E-state index contributed by atoms with van der Waals surface area (Å²) in [4.78, 5) is 0. The van der Waals surface area contributed by atoms with Gasteiger partial charge in [-0.1, -0.05) is 85.1 Å². The van der Waals surface area contributed by atoms with Gasteiger partial charge < -0.3 is 0 Å². The Kier molecular flexibility index (Phi) is 4.56. The summed E-state index contributed by atoms with van der Waals surface area (Å²) in [5.41, 5.74) is 4.36. The normalized spacial score (nSPS) is 12.7. The Labute approximate surface area is 114 Å². The summed E-state index contributed by atoms with van der Waals surface area (Å²) in [6.45, 7) is 7.44. The predicted octanol–water partition coefficient (Wildman–Crippen LogP) is 3.44. The molecule has 0 radical (unpaired) electrons. The minimum Gasteiger partial charge on any atom is -0.0724 e. The molecule has 0 bridgehead atoms. The number of hydrogen-bond acceptors (Lipinski definition) is 0. The van der Waals surface area contributed by atoms with Crippen LogP contribution in [0.1, 0.15) is 0 Å².